The zero-order valence-electron chi connectivity index (χ0n) is 10.8. The van der Waals surface area contributed by atoms with Crippen molar-refractivity contribution in [1.82, 2.24) is 0 Å². The molecule has 1 fully saturated rings. The van der Waals surface area contributed by atoms with Gasteiger partial charge in [0.1, 0.15) is 0 Å². The van der Waals surface area contributed by atoms with E-state index in [-0.39, 0.29) is 10.8 Å². The molecule has 3 rings (SSSR count). The SMILES string of the molecule is CCOP1(=O)OC2=C(O1)C1(C)CCC2C1(C)C. The highest BCUT2D eigenvalue weighted by Crippen LogP contribution is 2.76. The molecule has 5 heteroatoms. The van der Waals surface area contributed by atoms with Crippen molar-refractivity contribution in [1.29, 1.82) is 0 Å². The minimum absolute atomic E-state index is 0.0593. The standard InChI is InChI=1S/C12H19O4P/c1-5-14-17(13)15-9-8-6-7-12(4,10(9)16-17)11(8,2)3/h8H,5-7H2,1-4H3. The van der Waals surface area contributed by atoms with Crippen LogP contribution in [0.15, 0.2) is 11.5 Å². The van der Waals surface area contributed by atoms with Gasteiger partial charge in [0.2, 0.25) is 0 Å². The molecular weight excluding hydrogens is 239 g/mol. The van der Waals surface area contributed by atoms with E-state index in [2.05, 4.69) is 20.8 Å². The lowest BCUT2D eigenvalue weighted by molar-refractivity contribution is 0.0952. The molecule has 0 N–H and O–H groups in total. The zero-order valence-corrected chi connectivity index (χ0v) is 11.7. The summed E-state index contributed by atoms with van der Waals surface area (Å²) in [5, 5.41) is 0. The minimum atomic E-state index is -3.36. The van der Waals surface area contributed by atoms with E-state index in [1.165, 1.54) is 0 Å². The Hall–Kier alpha value is -0.470. The number of hydrogen-bond donors (Lipinski definition) is 0. The van der Waals surface area contributed by atoms with Crippen molar-refractivity contribution < 1.29 is 18.1 Å². The fourth-order valence-corrected chi connectivity index (χ4v) is 4.93. The molecule has 1 saturated carbocycles. The van der Waals surface area contributed by atoms with Crippen molar-refractivity contribution >= 4 is 7.82 Å². The van der Waals surface area contributed by atoms with Gasteiger partial charge >= 0.3 is 7.82 Å². The maximum absolute atomic E-state index is 12.2. The van der Waals surface area contributed by atoms with Crippen LogP contribution in [0.1, 0.15) is 40.5 Å². The Morgan fingerprint density at radius 3 is 2.71 bits per heavy atom. The second-order valence-corrected chi connectivity index (χ2v) is 7.40. The molecule has 3 atom stereocenters. The highest BCUT2D eigenvalue weighted by Gasteiger charge is 2.67. The molecule has 0 saturated heterocycles. The monoisotopic (exact) mass is 258 g/mol. The van der Waals surface area contributed by atoms with Gasteiger partial charge in [-0.3, -0.25) is 4.52 Å². The molecular formula is C12H19O4P. The van der Waals surface area contributed by atoms with Crippen molar-refractivity contribution in [2.75, 3.05) is 6.61 Å². The Morgan fingerprint density at radius 2 is 2.12 bits per heavy atom. The second kappa shape index (κ2) is 3.10. The fourth-order valence-electron chi connectivity index (χ4n) is 3.51. The number of rotatable bonds is 2. The van der Waals surface area contributed by atoms with Crippen LogP contribution < -0.4 is 0 Å². The third-order valence-electron chi connectivity index (χ3n) is 4.97. The summed E-state index contributed by atoms with van der Waals surface area (Å²) in [5.41, 5.74) is 0.0609. The molecule has 2 bridgehead atoms. The van der Waals surface area contributed by atoms with Crippen LogP contribution in [-0.4, -0.2) is 6.61 Å². The number of hydrogen-bond acceptors (Lipinski definition) is 4. The molecule has 0 aromatic carbocycles. The fraction of sp³-hybridized carbons (Fsp3) is 0.833. The van der Waals surface area contributed by atoms with Crippen molar-refractivity contribution in [2.24, 2.45) is 16.7 Å². The van der Waals surface area contributed by atoms with Gasteiger partial charge in [-0.05, 0) is 25.2 Å². The lowest BCUT2D eigenvalue weighted by Gasteiger charge is -2.36. The predicted octanol–water partition coefficient (Wildman–Crippen LogP) is 3.85. The molecule has 3 unspecified atom stereocenters. The van der Waals surface area contributed by atoms with E-state index in [0.717, 1.165) is 24.4 Å². The molecule has 2 aliphatic carbocycles. The van der Waals surface area contributed by atoms with Crippen LogP contribution in [-0.2, 0) is 18.1 Å². The molecule has 0 spiro atoms. The summed E-state index contributed by atoms with van der Waals surface area (Å²) in [6.45, 7) is 8.78. The molecule has 17 heavy (non-hydrogen) atoms. The van der Waals surface area contributed by atoms with Crippen LogP contribution in [0, 0.1) is 16.7 Å². The zero-order chi connectivity index (χ0) is 12.5. The van der Waals surface area contributed by atoms with Gasteiger partial charge in [-0.15, -0.1) is 0 Å². The van der Waals surface area contributed by atoms with Crippen LogP contribution in [0.3, 0.4) is 0 Å². The average Bonchev–Trinajstić information content (AvgIpc) is 2.71. The Balaban J connectivity index is 1.97. The van der Waals surface area contributed by atoms with Crippen molar-refractivity contribution in [2.45, 2.75) is 40.5 Å². The van der Waals surface area contributed by atoms with E-state index in [4.69, 9.17) is 13.6 Å². The molecule has 0 amide bonds. The van der Waals surface area contributed by atoms with Gasteiger partial charge in [0.05, 0.1) is 6.61 Å². The first-order valence-electron chi connectivity index (χ1n) is 6.22. The molecule has 3 aliphatic rings. The van der Waals surface area contributed by atoms with Crippen LogP contribution in [0.25, 0.3) is 0 Å². The van der Waals surface area contributed by atoms with Gasteiger partial charge in [-0.2, -0.15) is 0 Å². The number of phosphoric acid groups is 1. The highest BCUT2D eigenvalue weighted by molar-refractivity contribution is 7.49. The maximum Gasteiger partial charge on any atom is 0.587 e. The average molecular weight is 258 g/mol. The number of allylic oxidation sites excluding steroid dienone is 2. The van der Waals surface area contributed by atoms with Crippen LogP contribution >= 0.6 is 7.82 Å². The van der Waals surface area contributed by atoms with E-state index in [9.17, 15) is 4.57 Å². The van der Waals surface area contributed by atoms with Crippen LogP contribution in [0.5, 0.6) is 0 Å². The predicted molar refractivity (Wildman–Crippen MR) is 63.0 cm³/mol. The van der Waals surface area contributed by atoms with Crippen molar-refractivity contribution in [3.63, 3.8) is 0 Å². The summed E-state index contributed by atoms with van der Waals surface area (Å²) in [5.74, 6) is 1.90. The largest absolute Gasteiger partial charge is 0.587 e. The summed E-state index contributed by atoms with van der Waals surface area (Å²) in [4.78, 5) is 0. The van der Waals surface area contributed by atoms with E-state index < -0.39 is 7.82 Å². The maximum atomic E-state index is 12.2. The van der Waals surface area contributed by atoms with Gasteiger partial charge < -0.3 is 9.05 Å². The summed E-state index contributed by atoms with van der Waals surface area (Å²) in [7, 11) is -3.36. The van der Waals surface area contributed by atoms with E-state index in [0.29, 0.717) is 12.5 Å². The molecule has 0 aromatic rings. The quantitative estimate of drug-likeness (QED) is 0.706. The van der Waals surface area contributed by atoms with E-state index in [1.807, 2.05) is 0 Å². The topological polar surface area (TPSA) is 44.8 Å². The number of phosphoric ester groups is 1. The van der Waals surface area contributed by atoms with E-state index >= 15 is 0 Å². The molecule has 0 radical (unpaired) electrons. The Labute approximate surface area is 102 Å². The molecule has 96 valence electrons. The first-order valence-corrected chi connectivity index (χ1v) is 7.68. The van der Waals surface area contributed by atoms with Gasteiger partial charge in [-0.25, -0.2) is 4.57 Å². The third kappa shape index (κ3) is 1.21. The summed E-state index contributed by atoms with van der Waals surface area (Å²) < 4.78 is 28.4. The Kier molecular flexibility index (Phi) is 2.12. The van der Waals surface area contributed by atoms with Crippen LogP contribution in [0.2, 0.25) is 0 Å². The molecule has 1 aliphatic heterocycles. The lowest BCUT2D eigenvalue weighted by atomic mass is 9.70. The van der Waals surface area contributed by atoms with Crippen LogP contribution in [0.4, 0.5) is 0 Å². The van der Waals surface area contributed by atoms with Crippen molar-refractivity contribution in [3.8, 4) is 0 Å². The summed E-state index contributed by atoms with van der Waals surface area (Å²) >= 11 is 0. The summed E-state index contributed by atoms with van der Waals surface area (Å²) in [6.07, 6.45) is 2.15. The van der Waals surface area contributed by atoms with Gasteiger partial charge in [0.25, 0.3) is 0 Å². The lowest BCUT2D eigenvalue weighted by Crippen LogP contribution is -2.31. The minimum Gasteiger partial charge on any atom is -0.396 e. The van der Waals surface area contributed by atoms with Gasteiger partial charge in [0, 0.05) is 11.3 Å². The molecule has 4 nitrogen and oxygen atoms in total. The first-order chi connectivity index (χ1) is 7.84. The highest BCUT2D eigenvalue weighted by atomic mass is 31.2. The first kappa shape index (κ1) is 11.6. The summed E-state index contributed by atoms with van der Waals surface area (Å²) in [6, 6.07) is 0. The third-order valence-corrected chi connectivity index (χ3v) is 6.37. The molecule has 0 aromatic heterocycles. The number of fused-ring (bicyclic) bond motifs is 4. The molecule has 1 heterocycles. The van der Waals surface area contributed by atoms with E-state index in [1.54, 1.807) is 6.92 Å². The Morgan fingerprint density at radius 1 is 1.41 bits per heavy atom. The van der Waals surface area contributed by atoms with Crippen molar-refractivity contribution in [3.05, 3.63) is 11.5 Å². The normalized spacial score (nSPS) is 45.8. The Bertz CT molecular complexity index is 453. The smallest absolute Gasteiger partial charge is 0.396 e. The van der Waals surface area contributed by atoms with Gasteiger partial charge in [-0.1, -0.05) is 20.8 Å². The second-order valence-electron chi connectivity index (χ2n) is 5.89. The van der Waals surface area contributed by atoms with Gasteiger partial charge in [0.15, 0.2) is 11.5 Å².